The van der Waals surface area contributed by atoms with Gasteiger partial charge in [-0.3, -0.25) is 0 Å². The lowest BCUT2D eigenvalue weighted by molar-refractivity contribution is 0.143. The van der Waals surface area contributed by atoms with Crippen LogP contribution in [0.5, 0.6) is 11.5 Å². The number of hydrogen-bond acceptors (Lipinski definition) is 3. The molecule has 2 nitrogen and oxygen atoms in total. The Labute approximate surface area is 122 Å². The molecule has 0 bridgehead atoms. The summed E-state index contributed by atoms with van der Waals surface area (Å²) >= 11 is 4.55. The first-order valence-corrected chi connectivity index (χ1v) is 7.70. The molecule has 0 aliphatic rings. The quantitative estimate of drug-likeness (QED) is 0.668. The van der Waals surface area contributed by atoms with Crippen molar-refractivity contribution in [1.82, 2.24) is 0 Å². The van der Waals surface area contributed by atoms with Gasteiger partial charge in [-0.1, -0.05) is 32.8 Å². The van der Waals surface area contributed by atoms with E-state index in [2.05, 4.69) is 26.5 Å². The third-order valence-corrected chi connectivity index (χ3v) is 4.15. The zero-order valence-electron chi connectivity index (χ0n) is 12.3. The van der Waals surface area contributed by atoms with Gasteiger partial charge in [0.2, 0.25) is 0 Å². The second-order valence-corrected chi connectivity index (χ2v) is 5.44. The van der Waals surface area contributed by atoms with E-state index in [0.29, 0.717) is 0 Å². The van der Waals surface area contributed by atoms with Crippen LogP contribution in [0.25, 0.3) is 0 Å². The molecule has 108 valence electrons. The Kier molecular flexibility index (Phi) is 7.14. The van der Waals surface area contributed by atoms with Gasteiger partial charge in [0.15, 0.2) is 0 Å². The molecule has 0 fully saturated rings. The highest BCUT2D eigenvalue weighted by Gasteiger charge is 2.27. The maximum absolute atomic E-state index is 5.98. The van der Waals surface area contributed by atoms with Gasteiger partial charge < -0.3 is 9.47 Å². The van der Waals surface area contributed by atoms with Crippen molar-refractivity contribution in [3.8, 4) is 11.5 Å². The Morgan fingerprint density at radius 3 is 2.26 bits per heavy atom. The molecule has 0 heterocycles. The first-order valence-electron chi connectivity index (χ1n) is 7.07. The van der Waals surface area contributed by atoms with E-state index in [1.807, 2.05) is 24.3 Å². The summed E-state index contributed by atoms with van der Waals surface area (Å²) in [6, 6.07) is 7.79. The molecule has 1 aromatic rings. The van der Waals surface area contributed by atoms with E-state index in [1.165, 1.54) is 12.8 Å². The fourth-order valence-corrected chi connectivity index (χ4v) is 2.87. The minimum Gasteiger partial charge on any atom is -0.497 e. The van der Waals surface area contributed by atoms with E-state index < -0.39 is 0 Å². The first-order chi connectivity index (χ1) is 9.19. The lowest BCUT2D eigenvalue weighted by Gasteiger charge is -2.31. The molecule has 3 heteroatoms. The Hall–Kier alpha value is -0.830. The second-order valence-electron chi connectivity index (χ2n) is 5.13. The minimum absolute atomic E-state index is 0.190. The van der Waals surface area contributed by atoms with Crippen molar-refractivity contribution in [3.63, 3.8) is 0 Å². The normalized spacial score (nSPS) is 11.4. The van der Waals surface area contributed by atoms with E-state index in [-0.39, 0.29) is 5.41 Å². The van der Waals surface area contributed by atoms with Crippen LogP contribution in [-0.2, 0) is 0 Å². The average molecular weight is 282 g/mol. The van der Waals surface area contributed by atoms with Gasteiger partial charge in [0.25, 0.3) is 0 Å². The standard InChI is InChI=1S/C16H26O2S/c1-4-9-16(13-19,10-5-2)12-18-15-8-6-7-14(11-15)17-3/h6-8,11,19H,4-5,9-10,12-13H2,1-3H3. The fourth-order valence-electron chi connectivity index (χ4n) is 2.46. The summed E-state index contributed by atoms with van der Waals surface area (Å²) in [5, 5.41) is 0. The molecule has 0 aromatic heterocycles. The summed E-state index contributed by atoms with van der Waals surface area (Å²) in [7, 11) is 1.67. The van der Waals surface area contributed by atoms with E-state index in [4.69, 9.17) is 9.47 Å². The van der Waals surface area contributed by atoms with Crippen molar-refractivity contribution in [3.05, 3.63) is 24.3 Å². The molecule has 0 amide bonds. The van der Waals surface area contributed by atoms with Crippen molar-refractivity contribution in [2.45, 2.75) is 39.5 Å². The molecular weight excluding hydrogens is 256 g/mol. The monoisotopic (exact) mass is 282 g/mol. The highest BCUT2D eigenvalue weighted by atomic mass is 32.1. The molecule has 0 saturated carbocycles. The minimum atomic E-state index is 0.190. The summed E-state index contributed by atoms with van der Waals surface area (Å²) in [6.07, 6.45) is 4.66. The summed E-state index contributed by atoms with van der Waals surface area (Å²) in [5.41, 5.74) is 0.190. The predicted octanol–water partition coefficient (Wildman–Crippen LogP) is 4.59. The molecule has 0 saturated heterocycles. The Morgan fingerprint density at radius 1 is 1.11 bits per heavy atom. The van der Waals surface area contributed by atoms with E-state index >= 15 is 0 Å². The van der Waals surface area contributed by atoms with Gasteiger partial charge in [-0.25, -0.2) is 0 Å². The van der Waals surface area contributed by atoms with Crippen molar-refractivity contribution >= 4 is 12.6 Å². The SMILES string of the molecule is CCCC(CS)(CCC)COc1cccc(OC)c1. The molecule has 1 rings (SSSR count). The highest BCUT2D eigenvalue weighted by Crippen LogP contribution is 2.32. The van der Waals surface area contributed by atoms with E-state index in [0.717, 1.165) is 36.7 Å². The van der Waals surface area contributed by atoms with Crippen LogP contribution in [0.2, 0.25) is 0 Å². The summed E-state index contributed by atoms with van der Waals surface area (Å²) in [5.74, 6) is 2.58. The lowest BCUT2D eigenvalue weighted by atomic mass is 9.82. The van der Waals surface area contributed by atoms with Crippen LogP contribution < -0.4 is 9.47 Å². The van der Waals surface area contributed by atoms with Crippen LogP contribution >= 0.6 is 12.6 Å². The Balaban J connectivity index is 2.68. The van der Waals surface area contributed by atoms with Crippen molar-refractivity contribution in [2.24, 2.45) is 5.41 Å². The molecule has 1 aromatic carbocycles. The van der Waals surface area contributed by atoms with Crippen LogP contribution in [0.15, 0.2) is 24.3 Å². The average Bonchev–Trinajstić information content (AvgIpc) is 2.45. The molecule has 0 radical (unpaired) electrons. The van der Waals surface area contributed by atoms with Crippen LogP contribution in [0.1, 0.15) is 39.5 Å². The highest BCUT2D eigenvalue weighted by molar-refractivity contribution is 7.80. The molecule has 0 unspecified atom stereocenters. The molecule has 0 atom stereocenters. The van der Waals surface area contributed by atoms with Crippen LogP contribution in [0.4, 0.5) is 0 Å². The van der Waals surface area contributed by atoms with Gasteiger partial charge in [-0.2, -0.15) is 12.6 Å². The number of ether oxygens (including phenoxy) is 2. The molecule has 19 heavy (non-hydrogen) atoms. The van der Waals surface area contributed by atoms with Gasteiger partial charge in [0.1, 0.15) is 11.5 Å². The summed E-state index contributed by atoms with van der Waals surface area (Å²) < 4.78 is 11.2. The largest absolute Gasteiger partial charge is 0.497 e. The third-order valence-electron chi connectivity index (χ3n) is 3.48. The lowest BCUT2D eigenvalue weighted by Crippen LogP contribution is -2.30. The van der Waals surface area contributed by atoms with E-state index in [9.17, 15) is 0 Å². The number of benzene rings is 1. The zero-order valence-corrected chi connectivity index (χ0v) is 13.2. The Bertz CT molecular complexity index is 360. The maximum Gasteiger partial charge on any atom is 0.123 e. The fraction of sp³-hybridized carbons (Fsp3) is 0.625. The second kappa shape index (κ2) is 8.36. The number of methoxy groups -OCH3 is 1. The molecular formula is C16H26O2S. The van der Waals surface area contributed by atoms with Gasteiger partial charge in [0, 0.05) is 11.5 Å². The van der Waals surface area contributed by atoms with Gasteiger partial charge in [-0.15, -0.1) is 0 Å². The van der Waals surface area contributed by atoms with Crippen LogP contribution in [-0.4, -0.2) is 19.5 Å². The van der Waals surface area contributed by atoms with Gasteiger partial charge in [-0.05, 0) is 30.7 Å². The van der Waals surface area contributed by atoms with Crippen molar-refractivity contribution in [2.75, 3.05) is 19.5 Å². The number of thiol groups is 1. The van der Waals surface area contributed by atoms with Crippen LogP contribution in [0.3, 0.4) is 0 Å². The molecule has 0 aliphatic carbocycles. The predicted molar refractivity (Wildman–Crippen MR) is 84.6 cm³/mol. The molecule has 0 aliphatic heterocycles. The first kappa shape index (κ1) is 16.2. The van der Waals surface area contributed by atoms with E-state index in [1.54, 1.807) is 7.11 Å². The smallest absolute Gasteiger partial charge is 0.123 e. The maximum atomic E-state index is 5.98. The summed E-state index contributed by atoms with van der Waals surface area (Å²) in [6.45, 7) is 5.17. The zero-order chi connectivity index (χ0) is 14.1. The Morgan fingerprint density at radius 2 is 1.74 bits per heavy atom. The van der Waals surface area contributed by atoms with Crippen molar-refractivity contribution < 1.29 is 9.47 Å². The van der Waals surface area contributed by atoms with Gasteiger partial charge >= 0.3 is 0 Å². The van der Waals surface area contributed by atoms with Crippen LogP contribution in [0, 0.1) is 5.41 Å². The molecule has 0 N–H and O–H groups in total. The topological polar surface area (TPSA) is 18.5 Å². The summed E-state index contributed by atoms with van der Waals surface area (Å²) in [4.78, 5) is 0. The van der Waals surface area contributed by atoms with Gasteiger partial charge in [0.05, 0.1) is 13.7 Å². The number of hydrogen-bond donors (Lipinski definition) is 1. The third kappa shape index (κ3) is 4.98. The number of rotatable bonds is 9. The van der Waals surface area contributed by atoms with Crippen molar-refractivity contribution in [1.29, 1.82) is 0 Å². The molecule has 0 spiro atoms.